The smallest absolute Gasteiger partial charge is 0.219 e. The highest BCUT2D eigenvalue weighted by Gasteiger charge is 2.42. The number of carbonyl (C=O) groups excluding carboxylic acids is 1. The van der Waals surface area contributed by atoms with Gasteiger partial charge in [0.2, 0.25) is 5.91 Å². The molecular weight excluding hydrogens is 307 g/mol. The Morgan fingerprint density at radius 1 is 1.21 bits per heavy atom. The number of rotatable bonds is 1. The summed E-state index contributed by atoms with van der Waals surface area (Å²) < 4.78 is 15.4. The van der Waals surface area contributed by atoms with Gasteiger partial charge >= 0.3 is 0 Å². The van der Waals surface area contributed by atoms with Gasteiger partial charge in [-0.2, -0.15) is 0 Å². The summed E-state index contributed by atoms with van der Waals surface area (Å²) >= 11 is 0. The molecule has 2 aliphatic rings. The predicted molar refractivity (Wildman–Crippen MR) is 88.8 cm³/mol. The topological polar surface area (TPSA) is 50.2 Å². The third kappa shape index (κ3) is 2.41. The molecule has 126 valence electrons. The molecule has 1 spiro atoms. The molecule has 1 aromatic carbocycles. The van der Waals surface area contributed by atoms with E-state index >= 15 is 0 Å². The number of halogens is 1. The van der Waals surface area contributed by atoms with Crippen LogP contribution >= 0.6 is 0 Å². The molecule has 0 aliphatic carbocycles. The minimum absolute atomic E-state index is 0.135. The number of nitrogens with zero attached hydrogens (tertiary/aromatic N) is 3. The van der Waals surface area contributed by atoms with Crippen molar-refractivity contribution in [1.29, 1.82) is 0 Å². The number of likely N-dealkylation sites (tertiary alicyclic amines) is 1. The molecule has 1 amide bonds. The van der Waals surface area contributed by atoms with Gasteiger partial charge in [-0.3, -0.25) is 4.79 Å². The predicted octanol–water partition coefficient (Wildman–Crippen LogP) is 2.13. The lowest BCUT2D eigenvalue weighted by molar-refractivity contribution is -0.130. The third-order valence-electron chi connectivity index (χ3n) is 5.28. The molecule has 6 heteroatoms. The lowest BCUT2D eigenvalue weighted by Crippen LogP contribution is -2.56. The summed E-state index contributed by atoms with van der Waals surface area (Å²) in [5.41, 5.74) is 1.84. The van der Waals surface area contributed by atoms with Crippen molar-refractivity contribution in [3.05, 3.63) is 42.1 Å². The Morgan fingerprint density at radius 3 is 2.58 bits per heavy atom. The number of nitrogens with one attached hydrogen (secondary N) is 1. The molecule has 0 unspecified atom stereocenters. The Labute approximate surface area is 140 Å². The van der Waals surface area contributed by atoms with Crippen molar-refractivity contribution in [2.75, 3.05) is 19.6 Å². The Bertz CT molecular complexity index is 760. The van der Waals surface area contributed by atoms with Crippen LogP contribution in [-0.4, -0.2) is 40.0 Å². The van der Waals surface area contributed by atoms with Crippen molar-refractivity contribution in [3.63, 3.8) is 0 Å². The van der Waals surface area contributed by atoms with Crippen LogP contribution in [0.1, 0.15) is 25.6 Å². The summed E-state index contributed by atoms with van der Waals surface area (Å²) in [6, 6.07) is 6.56. The van der Waals surface area contributed by atoms with E-state index in [0.717, 1.165) is 56.1 Å². The number of fused-ring (bicyclic) bond motifs is 2. The maximum absolute atomic E-state index is 13.2. The number of piperidine rings is 1. The second-order valence-electron chi connectivity index (χ2n) is 6.64. The molecule has 24 heavy (non-hydrogen) atoms. The van der Waals surface area contributed by atoms with Gasteiger partial charge in [-0.25, -0.2) is 9.37 Å². The molecule has 2 aromatic rings. The summed E-state index contributed by atoms with van der Waals surface area (Å²) in [5, 5.41) is 3.64. The van der Waals surface area contributed by atoms with Crippen LogP contribution in [0.25, 0.3) is 11.3 Å². The van der Waals surface area contributed by atoms with Crippen LogP contribution in [0, 0.1) is 5.82 Å². The number of hydrogen-bond donors (Lipinski definition) is 1. The molecule has 0 saturated carbocycles. The Hall–Kier alpha value is -2.21. The first-order chi connectivity index (χ1) is 11.6. The molecule has 1 N–H and O–H groups in total. The number of carbonyl (C=O) groups is 1. The largest absolute Gasteiger partial charge is 0.343 e. The van der Waals surface area contributed by atoms with E-state index in [9.17, 15) is 9.18 Å². The molecule has 3 heterocycles. The summed E-state index contributed by atoms with van der Waals surface area (Å²) in [4.78, 5) is 18.2. The van der Waals surface area contributed by atoms with Crippen LogP contribution in [0.3, 0.4) is 0 Å². The Morgan fingerprint density at radius 2 is 1.92 bits per heavy atom. The zero-order valence-corrected chi connectivity index (χ0v) is 13.8. The van der Waals surface area contributed by atoms with Crippen molar-refractivity contribution in [1.82, 2.24) is 19.8 Å². The highest BCUT2D eigenvalue weighted by atomic mass is 19.1. The average molecular weight is 328 g/mol. The normalized spacial score (nSPS) is 19.3. The first kappa shape index (κ1) is 15.3. The number of benzene rings is 1. The zero-order valence-electron chi connectivity index (χ0n) is 13.8. The van der Waals surface area contributed by atoms with E-state index in [1.807, 2.05) is 11.1 Å². The SMILES string of the molecule is CC(=O)N1CCC2(CC1)NCCn1c(-c3ccc(F)cc3)cnc12. The minimum atomic E-state index is -0.230. The van der Waals surface area contributed by atoms with Gasteiger partial charge in [0.1, 0.15) is 11.6 Å². The summed E-state index contributed by atoms with van der Waals surface area (Å²) in [5.74, 6) is 0.944. The van der Waals surface area contributed by atoms with Crippen LogP contribution < -0.4 is 5.32 Å². The number of aromatic nitrogens is 2. The fraction of sp³-hybridized carbons (Fsp3) is 0.444. The second kappa shape index (κ2) is 5.70. The fourth-order valence-electron chi connectivity index (χ4n) is 3.92. The van der Waals surface area contributed by atoms with Crippen LogP contribution in [0.15, 0.2) is 30.5 Å². The first-order valence-electron chi connectivity index (χ1n) is 8.42. The van der Waals surface area contributed by atoms with Crippen molar-refractivity contribution in [2.45, 2.75) is 31.8 Å². The quantitative estimate of drug-likeness (QED) is 0.872. The molecule has 4 rings (SSSR count). The van der Waals surface area contributed by atoms with Gasteiger partial charge in [0.05, 0.1) is 17.4 Å². The summed E-state index contributed by atoms with van der Waals surface area (Å²) in [6.07, 6.45) is 3.62. The van der Waals surface area contributed by atoms with Crippen molar-refractivity contribution in [3.8, 4) is 11.3 Å². The monoisotopic (exact) mass is 328 g/mol. The minimum Gasteiger partial charge on any atom is -0.343 e. The van der Waals surface area contributed by atoms with E-state index in [1.54, 1.807) is 19.1 Å². The van der Waals surface area contributed by atoms with Crippen molar-refractivity contribution >= 4 is 5.91 Å². The van der Waals surface area contributed by atoms with Crippen molar-refractivity contribution < 1.29 is 9.18 Å². The molecule has 0 atom stereocenters. The maximum Gasteiger partial charge on any atom is 0.219 e. The highest BCUT2D eigenvalue weighted by molar-refractivity contribution is 5.73. The van der Waals surface area contributed by atoms with E-state index in [4.69, 9.17) is 4.98 Å². The van der Waals surface area contributed by atoms with Gasteiger partial charge in [0, 0.05) is 33.1 Å². The lowest BCUT2D eigenvalue weighted by Gasteiger charge is -2.44. The standard InChI is InChI=1S/C18H21FN4O/c1-13(24)22-9-6-18(7-10-22)17-20-12-16(23(17)11-8-21-18)14-2-4-15(19)5-3-14/h2-5,12,21H,6-11H2,1H3. The Kier molecular flexibility index (Phi) is 3.64. The number of hydrogen-bond acceptors (Lipinski definition) is 3. The van der Waals surface area contributed by atoms with Crippen LogP contribution in [0.4, 0.5) is 4.39 Å². The van der Waals surface area contributed by atoms with E-state index in [0.29, 0.717) is 0 Å². The first-order valence-corrected chi connectivity index (χ1v) is 8.42. The molecule has 2 aliphatic heterocycles. The van der Waals surface area contributed by atoms with E-state index in [1.165, 1.54) is 12.1 Å². The molecule has 1 saturated heterocycles. The van der Waals surface area contributed by atoms with Crippen molar-refractivity contribution in [2.24, 2.45) is 0 Å². The Balaban J connectivity index is 1.67. The van der Waals surface area contributed by atoms with Crippen LogP contribution in [0.2, 0.25) is 0 Å². The molecule has 1 fully saturated rings. The van der Waals surface area contributed by atoms with Crippen LogP contribution in [0.5, 0.6) is 0 Å². The van der Waals surface area contributed by atoms with Gasteiger partial charge in [0.15, 0.2) is 0 Å². The molecular formula is C18H21FN4O. The number of amides is 1. The van der Waals surface area contributed by atoms with E-state index in [-0.39, 0.29) is 17.3 Å². The average Bonchev–Trinajstić information content (AvgIpc) is 3.02. The summed E-state index contributed by atoms with van der Waals surface area (Å²) in [6.45, 7) is 4.85. The number of imidazole rings is 1. The fourth-order valence-corrected chi connectivity index (χ4v) is 3.92. The van der Waals surface area contributed by atoms with Crippen LogP contribution in [-0.2, 0) is 16.9 Å². The van der Waals surface area contributed by atoms with E-state index < -0.39 is 0 Å². The zero-order chi connectivity index (χ0) is 16.7. The molecule has 5 nitrogen and oxygen atoms in total. The molecule has 0 bridgehead atoms. The maximum atomic E-state index is 13.2. The van der Waals surface area contributed by atoms with E-state index in [2.05, 4.69) is 9.88 Å². The molecule has 1 aromatic heterocycles. The lowest BCUT2D eigenvalue weighted by atomic mass is 9.85. The second-order valence-corrected chi connectivity index (χ2v) is 6.64. The highest BCUT2D eigenvalue weighted by Crippen LogP contribution is 2.36. The summed E-state index contributed by atoms with van der Waals surface area (Å²) in [7, 11) is 0. The van der Waals surface area contributed by atoms with Gasteiger partial charge in [-0.1, -0.05) is 0 Å². The third-order valence-corrected chi connectivity index (χ3v) is 5.28. The van der Waals surface area contributed by atoms with Gasteiger partial charge in [-0.15, -0.1) is 0 Å². The van der Waals surface area contributed by atoms with Gasteiger partial charge in [0.25, 0.3) is 0 Å². The van der Waals surface area contributed by atoms with Gasteiger partial charge in [-0.05, 0) is 42.7 Å². The van der Waals surface area contributed by atoms with Gasteiger partial charge < -0.3 is 14.8 Å². The molecule has 0 radical (unpaired) electrons.